The van der Waals surface area contributed by atoms with E-state index in [1.54, 1.807) is 18.4 Å². The summed E-state index contributed by atoms with van der Waals surface area (Å²) in [7, 11) is 3.65. The molecule has 0 fully saturated rings. The smallest absolute Gasteiger partial charge is 0.134 e. The minimum absolute atomic E-state index is 0.0809. The number of aromatic nitrogens is 2. The summed E-state index contributed by atoms with van der Waals surface area (Å²) in [5, 5.41) is 9.84. The van der Waals surface area contributed by atoms with Crippen LogP contribution in [0.2, 0.25) is 0 Å². The lowest BCUT2D eigenvalue weighted by Crippen LogP contribution is -2.16. The van der Waals surface area contributed by atoms with Crippen LogP contribution in [0.1, 0.15) is 16.5 Å². The van der Waals surface area contributed by atoms with E-state index in [0.717, 1.165) is 21.9 Å². The number of nitrogens with zero attached hydrogens (tertiary/aromatic N) is 2. The van der Waals surface area contributed by atoms with Crippen LogP contribution in [-0.2, 0) is 0 Å². The van der Waals surface area contributed by atoms with Gasteiger partial charge in [0.25, 0.3) is 0 Å². The molecule has 2 aromatic heterocycles. The average molecular weight is 299 g/mol. The van der Waals surface area contributed by atoms with Crippen molar-refractivity contribution < 1.29 is 4.74 Å². The number of methoxy groups -OCH3 is 1. The van der Waals surface area contributed by atoms with Crippen molar-refractivity contribution in [3.63, 3.8) is 0 Å². The maximum atomic E-state index is 5.42. The third kappa shape index (κ3) is 2.70. The predicted octanol–water partition coefficient (Wildman–Crippen LogP) is 3.25. The van der Waals surface area contributed by atoms with Crippen LogP contribution in [0.15, 0.2) is 54.2 Å². The fourth-order valence-corrected chi connectivity index (χ4v) is 3.34. The lowest BCUT2D eigenvalue weighted by molar-refractivity contribution is 0.408. The Bertz CT molecular complexity index is 705. The van der Waals surface area contributed by atoms with Gasteiger partial charge in [-0.2, -0.15) is 5.10 Å². The number of rotatable bonds is 5. The first kappa shape index (κ1) is 13.9. The summed E-state index contributed by atoms with van der Waals surface area (Å²) < 4.78 is 7.31. The van der Waals surface area contributed by atoms with E-state index in [-0.39, 0.29) is 6.04 Å². The molecule has 0 aliphatic heterocycles. The number of thiophene rings is 1. The molecule has 2 heterocycles. The molecule has 0 saturated carbocycles. The zero-order valence-corrected chi connectivity index (χ0v) is 12.8. The van der Waals surface area contributed by atoms with Gasteiger partial charge in [0.15, 0.2) is 0 Å². The molecule has 1 atom stereocenters. The van der Waals surface area contributed by atoms with Crippen LogP contribution in [0.4, 0.5) is 0 Å². The summed E-state index contributed by atoms with van der Waals surface area (Å²) in [5.74, 6) is 0.909. The lowest BCUT2D eigenvalue weighted by atomic mass is 10.1. The van der Waals surface area contributed by atoms with E-state index in [2.05, 4.69) is 16.6 Å². The molecule has 0 bridgehead atoms. The van der Waals surface area contributed by atoms with Gasteiger partial charge in [-0.25, -0.2) is 4.68 Å². The van der Waals surface area contributed by atoms with E-state index >= 15 is 0 Å². The van der Waals surface area contributed by atoms with Gasteiger partial charge in [0.05, 0.1) is 29.9 Å². The molecule has 5 heteroatoms. The molecule has 108 valence electrons. The van der Waals surface area contributed by atoms with Crippen molar-refractivity contribution in [3.8, 4) is 11.4 Å². The van der Waals surface area contributed by atoms with Gasteiger partial charge < -0.3 is 10.1 Å². The van der Waals surface area contributed by atoms with Gasteiger partial charge in [-0.05, 0) is 30.6 Å². The Morgan fingerprint density at radius 1 is 1.24 bits per heavy atom. The van der Waals surface area contributed by atoms with E-state index in [9.17, 15) is 0 Å². The molecular formula is C16H17N3OS. The first-order valence-electron chi connectivity index (χ1n) is 6.72. The van der Waals surface area contributed by atoms with Crippen molar-refractivity contribution in [1.82, 2.24) is 15.1 Å². The molecule has 1 N–H and O–H groups in total. The highest BCUT2D eigenvalue weighted by Crippen LogP contribution is 2.34. The van der Waals surface area contributed by atoms with Crippen molar-refractivity contribution in [2.75, 3.05) is 14.2 Å². The normalized spacial score (nSPS) is 12.3. The Labute approximate surface area is 128 Å². The fraction of sp³-hybridized carbons (Fsp3) is 0.188. The summed E-state index contributed by atoms with van der Waals surface area (Å²) in [4.78, 5) is 1.16. The molecule has 0 spiro atoms. The minimum Gasteiger partial charge on any atom is -0.496 e. The number of benzene rings is 1. The zero-order valence-electron chi connectivity index (χ0n) is 12.0. The summed E-state index contributed by atoms with van der Waals surface area (Å²) >= 11 is 1.68. The van der Waals surface area contributed by atoms with E-state index in [4.69, 9.17) is 4.74 Å². The molecular weight excluding hydrogens is 282 g/mol. The molecule has 0 aliphatic rings. The Morgan fingerprint density at radius 3 is 2.76 bits per heavy atom. The van der Waals surface area contributed by atoms with Gasteiger partial charge in [-0.15, -0.1) is 11.3 Å². The second kappa shape index (κ2) is 6.11. The Morgan fingerprint density at radius 2 is 2.05 bits per heavy atom. The second-order valence-corrected chi connectivity index (χ2v) is 5.58. The number of hydrogen-bond donors (Lipinski definition) is 1. The van der Waals surface area contributed by atoms with Crippen molar-refractivity contribution in [2.24, 2.45) is 0 Å². The summed E-state index contributed by atoms with van der Waals surface area (Å²) in [6.45, 7) is 0. The standard InChI is InChI=1S/C16H17N3OS/c1-17-15(16-14(20-2)8-9-21-16)12-10-18-19(11-12)13-6-4-3-5-7-13/h3-11,15,17H,1-2H3. The number of hydrogen-bond acceptors (Lipinski definition) is 4. The number of ether oxygens (including phenoxy) is 1. The van der Waals surface area contributed by atoms with Crippen LogP contribution in [0.5, 0.6) is 5.75 Å². The van der Waals surface area contributed by atoms with Crippen molar-refractivity contribution >= 4 is 11.3 Å². The molecule has 21 heavy (non-hydrogen) atoms. The maximum Gasteiger partial charge on any atom is 0.134 e. The van der Waals surface area contributed by atoms with Crippen LogP contribution >= 0.6 is 11.3 Å². The Hall–Kier alpha value is -2.11. The third-order valence-corrected chi connectivity index (χ3v) is 4.35. The molecule has 3 rings (SSSR count). The van der Waals surface area contributed by atoms with E-state index in [1.807, 2.05) is 59.7 Å². The van der Waals surface area contributed by atoms with E-state index < -0.39 is 0 Å². The topological polar surface area (TPSA) is 39.1 Å². The monoisotopic (exact) mass is 299 g/mol. The largest absolute Gasteiger partial charge is 0.496 e. The quantitative estimate of drug-likeness (QED) is 0.786. The lowest BCUT2D eigenvalue weighted by Gasteiger charge is -2.14. The van der Waals surface area contributed by atoms with Crippen LogP contribution < -0.4 is 10.1 Å². The van der Waals surface area contributed by atoms with Gasteiger partial charge in [0, 0.05) is 11.8 Å². The van der Waals surface area contributed by atoms with Gasteiger partial charge in [-0.3, -0.25) is 0 Å². The van der Waals surface area contributed by atoms with Gasteiger partial charge in [0.1, 0.15) is 5.75 Å². The van der Waals surface area contributed by atoms with Gasteiger partial charge in [0.2, 0.25) is 0 Å². The molecule has 0 aliphatic carbocycles. The van der Waals surface area contributed by atoms with Crippen LogP contribution in [0.3, 0.4) is 0 Å². The first-order valence-corrected chi connectivity index (χ1v) is 7.60. The Balaban J connectivity index is 1.94. The fourth-order valence-electron chi connectivity index (χ4n) is 2.35. The SMILES string of the molecule is CNC(c1cnn(-c2ccccc2)c1)c1sccc1OC. The molecule has 0 radical (unpaired) electrons. The highest BCUT2D eigenvalue weighted by molar-refractivity contribution is 7.10. The Kier molecular flexibility index (Phi) is 4.03. The predicted molar refractivity (Wildman–Crippen MR) is 85.3 cm³/mol. The molecule has 4 nitrogen and oxygen atoms in total. The molecule has 0 saturated heterocycles. The highest BCUT2D eigenvalue weighted by Gasteiger charge is 2.19. The molecule has 1 unspecified atom stereocenters. The van der Waals surface area contributed by atoms with Crippen LogP contribution in [-0.4, -0.2) is 23.9 Å². The minimum atomic E-state index is 0.0809. The summed E-state index contributed by atoms with van der Waals surface area (Å²) in [6, 6.07) is 12.2. The summed E-state index contributed by atoms with van der Waals surface area (Å²) in [5.41, 5.74) is 2.17. The number of nitrogens with one attached hydrogen (secondary N) is 1. The van der Waals surface area contributed by atoms with E-state index in [0.29, 0.717) is 0 Å². The van der Waals surface area contributed by atoms with Crippen LogP contribution in [0, 0.1) is 0 Å². The average Bonchev–Trinajstić information content (AvgIpc) is 3.19. The summed E-state index contributed by atoms with van der Waals surface area (Å²) in [6.07, 6.45) is 3.95. The van der Waals surface area contributed by atoms with Crippen molar-refractivity contribution in [1.29, 1.82) is 0 Å². The van der Waals surface area contributed by atoms with Crippen LogP contribution in [0.25, 0.3) is 5.69 Å². The third-order valence-electron chi connectivity index (χ3n) is 3.38. The molecule has 1 aromatic carbocycles. The van der Waals surface area contributed by atoms with Gasteiger partial charge in [-0.1, -0.05) is 18.2 Å². The van der Waals surface area contributed by atoms with Gasteiger partial charge >= 0.3 is 0 Å². The highest BCUT2D eigenvalue weighted by atomic mass is 32.1. The first-order chi connectivity index (χ1) is 10.3. The molecule has 3 aromatic rings. The van der Waals surface area contributed by atoms with Crippen molar-refractivity contribution in [3.05, 3.63) is 64.6 Å². The zero-order chi connectivity index (χ0) is 14.7. The number of para-hydroxylation sites is 1. The van der Waals surface area contributed by atoms with E-state index in [1.165, 1.54) is 0 Å². The molecule has 0 amide bonds. The maximum absolute atomic E-state index is 5.42. The second-order valence-electron chi connectivity index (χ2n) is 4.63. The van der Waals surface area contributed by atoms with Crippen molar-refractivity contribution in [2.45, 2.75) is 6.04 Å².